The smallest absolute Gasteiger partial charge is 0.0159 e. The molecule has 0 heterocycles. The molecule has 0 aliphatic heterocycles. The molecular weight excluding hydrogens is 1750 g/mol. The molecule has 0 atom stereocenters. The molecule has 0 fully saturated rings. The number of hydrogen-bond donors (Lipinski definition) is 0. The monoisotopic (exact) mass is 1850 g/mol. The number of rotatable bonds is 9. The van der Waals surface area contributed by atoms with Crippen LogP contribution in [0, 0.1) is 0 Å². The van der Waals surface area contributed by atoms with Gasteiger partial charge in [-0.15, -0.1) is 0 Å². The molecule has 0 spiro atoms. The first-order chi connectivity index (χ1) is 71.9. The van der Waals surface area contributed by atoms with Crippen LogP contribution in [0.3, 0.4) is 0 Å². The Kier molecular flexibility index (Phi) is 20.2. The van der Waals surface area contributed by atoms with Gasteiger partial charge in [-0.1, -0.05) is 471 Å². The van der Waals surface area contributed by atoms with Crippen molar-refractivity contribution in [1.29, 1.82) is 0 Å². The van der Waals surface area contributed by atoms with Gasteiger partial charge in [0, 0.05) is 10.8 Å². The predicted molar refractivity (Wildman–Crippen MR) is 628 cm³/mol. The minimum absolute atomic E-state index is 0.0676. The molecule has 30 rings (SSSR count). The highest BCUT2D eigenvalue weighted by Gasteiger charge is 2.39. The van der Waals surface area contributed by atoms with Gasteiger partial charge in [0.15, 0.2) is 0 Å². The first-order valence-corrected chi connectivity index (χ1v) is 51.2. The van der Waals surface area contributed by atoms with Crippen LogP contribution in [-0.4, -0.2) is 0 Å². The van der Waals surface area contributed by atoms with Gasteiger partial charge in [-0.25, -0.2) is 0 Å². The summed E-state index contributed by atoms with van der Waals surface area (Å²) < 4.78 is 0. The van der Waals surface area contributed by atoms with Crippen molar-refractivity contribution in [2.45, 2.75) is 38.5 Å². The van der Waals surface area contributed by atoms with Gasteiger partial charge in [-0.2, -0.15) is 0 Å². The van der Waals surface area contributed by atoms with Crippen molar-refractivity contribution in [2.75, 3.05) is 0 Å². The van der Waals surface area contributed by atoms with Crippen LogP contribution in [-0.2, 0) is 10.8 Å². The van der Waals surface area contributed by atoms with Crippen molar-refractivity contribution in [1.82, 2.24) is 0 Å². The van der Waals surface area contributed by atoms with E-state index in [0.717, 1.165) is 0 Å². The minimum Gasteiger partial charge on any atom is -0.0622 e. The van der Waals surface area contributed by atoms with Gasteiger partial charge in [0.2, 0.25) is 0 Å². The van der Waals surface area contributed by atoms with E-state index in [1.807, 2.05) is 0 Å². The van der Waals surface area contributed by atoms with E-state index in [0.29, 0.717) is 0 Å². The van der Waals surface area contributed by atoms with Crippen LogP contribution in [0.1, 0.15) is 49.9 Å². The summed E-state index contributed by atoms with van der Waals surface area (Å²) in [7, 11) is 0. The van der Waals surface area contributed by atoms with Gasteiger partial charge in [0.25, 0.3) is 0 Å². The van der Waals surface area contributed by atoms with Crippen LogP contribution in [0.5, 0.6) is 0 Å². The molecule has 0 saturated heterocycles. The van der Waals surface area contributed by atoms with Crippen LogP contribution in [0.4, 0.5) is 0 Å². The average Bonchev–Trinajstić information content (AvgIpc) is 1.49. The van der Waals surface area contributed by atoms with Gasteiger partial charge in [-0.05, 0) is 374 Å². The first-order valence-electron chi connectivity index (χ1n) is 51.2. The van der Waals surface area contributed by atoms with Crippen LogP contribution in [0.2, 0.25) is 0 Å². The molecular formula is C146H98. The van der Waals surface area contributed by atoms with Crippen molar-refractivity contribution in [3.63, 3.8) is 0 Å². The molecule has 28 aromatic rings. The lowest BCUT2D eigenvalue weighted by atomic mass is 9.79. The van der Waals surface area contributed by atoms with Gasteiger partial charge in [0.1, 0.15) is 0 Å². The van der Waals surface area contributed by atoms with Crippen molar-refractivity contribution in [2.24, 2.45) is 0 Å². The molecule has 0 N–H and O–H groups in total. The van der Waals surface area contributed by atoms with E-state index in [-0.39, 0.29) is 10.8 Å². The molecule has 0 radical (unpaired) electrons. The number of fused-ring (bicyclic) bond motifs is 21. The van der Waals surface area contributed by atoms with Crippen LogP contribution in [0.25, 0.3) is 273 Å². The van der Waals surface area contributed by atoms with Gasteiger partial charge in [0.05, 0.1) is 0 Å². The average molecular weight is 1850 g/mol. The highest BCUT2D eigenvalue weighted by molar-refractivity contribution is 6.27. The Morgan fingerprint density at radius 1 is 0.103 bits per heavy atom. The second-order valence-electron chi connectivity index (χ2n) is 41.1. The van der Waals surface area contributed by atoms with Crippen LogP contribution < -0.4 is 0 Å². The maximum absolute atomic E-state index is 2.54. The fourth-order valence-electron chi connectivity index (χ4n) is 24.9. The molecule has 0 heteroatoms. The zero-order chi connectivity index (χ0) is 97.0. The Bertz CT molecular complexity index is 10300. The summed E-state index contributed by atoms with van der Waals surface area (Å²) in [4.78, 5) is 0. The molecule has 0 saturated carbocycles. The summed E-state index contributed by atoms with van der Waals surface area (Å²) in [6.45, 7) is 9.57. The quantitative estimate of drug-likeness (QED) is 0.0998. The van der Waals surface area contributed by atoms with E-state index in [4.69, 9.17) is 0 Å². The highest BCUT2D eigenvalue weighted by atomic mass is 14.4. The zero-order valence-electron chi connectivity index (χ0n) is 81.7. The normalized spacial score (nSPS) is 12.8. The van der Waals surface area contributed by atoms with E-state index < -0.39 is 0 Å². The minimum atomic E-state index is -0.179. The lowest BCUT2D eigenvalue weighted by molar-refractivity contribution is 0.660. The van der Waals surface area contributed by atoms with E-state index in [1.165, 1.54) is 295 Å². The molecule has 0 aromatic heterocycles. The molecule has 682 valence electrons. The standard InChI is InChI=1S/C53H36.C49H34.C44H28/c1-53(2)49-30-40(39-22-19-33-11-3-6-14-36(33)27-39)25-26-43(49)46-31-47-48(32-50(46)53)52(42-24-21-35-13-5-8-16-38(35)29-42)45-18-10-9-17-44(45)51(47)41-23-20-34-12-4-7-15-37(34)28-41;1-49(2)45-18-10-9-15-39(45)40-25-24-38(30-46(40)49)47-41-16-7-8-17-42(41)48(37-22-20-32-12-4-6-14-34(32)28-37)44-29-36(23-26-43(44)47)35-21-19-31-11-3-5-13-33(31)27-35;1-2-12-31(13-3-1)43-39-16-8-9-17-40(39)44(36-23-24-38-35(27-36)21-19-30-11-6-7-15-37(30)38)41-25-22-34(28-42(41)43)33-20-18-29-10-4-5-14-32(29)26-33/h3-32H,1-2H3;3-30H,1-2H3;1-28H. The third kappa shape index (κ3) is 14.3. The molecule has 0 nitrogen and oxygen atoms in total. The summed E-state index contributed by atoms with van der Waals surface area (Å²) in [5, 5.41) is 35.6. The van der Waals surface area contributed by atoms with Gasteiger partial charge < -0.3 is 0 Å². The summed E-state index contributed by atoms with van der Waals surface area (Å²) in [5.74, 6) is 0. The fraction of sp³-hybridized carbons (Fsp3) is 0.0411. The maximum atomic E-state index is 2.54. The zero-order valence-corrected chi connectivity index (χ0v) is 81.7. The number of hydrogen-bond acceptors (Lipinski definition) is 0. The lowest BCUT2D eigenvalue weighted by Crippen LogP contribution is -2.15. The third-order valence-electron chi connectivity index (χ3n) is 32.2. The molecule has 28 aromatic carbocycles. The number of benzene rings is 28. The molecule has 2 aliphatic rings. The molecule has 2 aliphatic carbocycles. The van der Waals surface area contributed by atoms with Gasteiger partial charge >= 0.3 is 0 Å². The lowest BCUT2D eigenvalue weighted by Gasteiger charge is -2.24. The Morgan fingerprint density at radius 2 is 0.322 bits per heavy atom. The van der Waals surface area contributed by atoms with Crippen molar-refractivity contribution >= 4 is 151 Å². The van der Waals surface area contributed by atoms with Crippen LogP contribution >= 0.6 is 0 Å². The summed E-state index contributed by atoms with van der Waals surface area (Å²) in [5.41, 5.74) is 33.4. The topological polar surface area (TPSA) is 0 Å². The highest BCUT2D eigenvalue weighted by Crippen LogP contribution is 2.58. The molecule has 0 amide bonds. The van der Waals surface area contributed by atoms with Crippen molar-refractivity contribution in [3.05, 3.63) is 544 Å². The van der Waals surface area contributed by atoms with E-state index in [1.54, 1.807) is 0 Å². The fourth-order valence-corrected chi connectivity index (χ4v) is 24.9. The molecule has 0 unspecified atom stereocenters. The van der Waals surface area contributed by atoms with E-state index >= 15 is 0 Å². The first kappa shape index (κ1) is 85.7. The Labute approximate surface area is 849 Å². The van der Waals surface area contributed by atoms with E-state index in [9.17, 15) is 0 Å². The van der Waals surface area contributed by atoms with E-state index in [2.05, 4.69) is 549 Å². The summed E-state index contributed by atoms with van der Waals surface area (Å²) in [6, 6.07) is 194. The maximum Gasteiger partial charge on any atom is 0.0159 e. The van der Waals surface area contributed by atoms with Crippen molar-refractivity contribution in [3.8, 4) is 122 Å². The Hall–Kier alpha value is -18.2. The second-order valence-corrected chi connectivity index (χ2v) is 41.1. The Balaban J connectivity index is 0.000000106. The summed E-state index contributed by atoms with van der Waals surface area (Å²) in [6.07, 6.45) is 0. The third-order valence-corrected chi connectivity index (χ3v) is 32.2. The van der Waals surface area contributed by atoms with Crippen LogP contribution in [0.15, 0.2) is 522 Å². The molecule has 146 heavy (non-hydrogen) atoms. The SMILES string of the molecule is CC1(C)c2cc(-c3ccc4ccccc4c3)ccc2-c2cc3c(-c4ccc5ccccc5c4)c4ccccc4c(-c4ccc5ccccc5c4)c3cc21.CC1(C)c2ccccc2-c2ccc(-c3c4ccccc4c(-c4ccc5ccccc5c4)c4cc(-c5ccc6ccccc6c5)ccc34)cc21.c1ccc(-c2c3ccccc3c(-c3ccc4c(ccc5ccccc54)c3)c3ccc(-c4ccc5ccccc5c4)cc23)cc1. The molecule has 0 bridgehead atoms. The summed E-state index contributed by atoms with van der Waals surface area (Å²) >= 11 is 0. The largest absolute Gasteiger partial charge is 0.0622 e. The van der Waals surface area contributed by atoms with Crippen molar-refractivity contribution < 1.29 is 0 Å². The Morgan fingerprint density at radius 3 is 0.753 bits per heavy atom. The second kappa shape index (κ2) is 34.3. The predicted octanol–water partition coefficient (Wildman–Crippen LogP) is 40.8. The van der Waals surface area contributed by atoms with Gasteiger partial charge in [-0.3, -0.25) is 0 Å².